The average molecular weight is 325 g/mol. The Morgan fingerprint density at radius 2 is 1.95 bits per heavy atom. The first kappa shape index (κ1) is 16.5. The number of hydrogen-bond donors (Lipinski definition) is 2. The minimum Gasteiger partial charge on any atom is -0.336 e. The fourth-order valence-electron chi connectivity index (χ4n) is 2.42. The molecular weight excluding hydrogens is 307 g/mol. The van der Waals surface area contributed by atoms with Crippen molar-refractivity contribution in [2.45, 2.75) is 6.42 Å². The Balaban J connectivity index is 0.00000176. The smallest absolute Gasteiger partial charge is 0.271 e. The molecule has 1 aliphatic rings. The van der Waals surface area contributed by atoms with Crippen LogP contribution < -0.4 is 5.32 Å². The molecule has 0 spiro atoms. The number of nitrogens with one attached hydrogen (secondary N) is 2. The molecule has 5 nitrogen and oxygen atoms in total. The first-order valence-electron chi connectivity index (χ1n) is 7.05. The zero-order chi connectivity index (χ0) is 14.7. The van der Waals surface area contributed by atoms with Gasteiger partial charge in [0, 0.05) is 25.2 Å². The number of H-pyrrole nitrogens is 1. The van der Waals surface area contributed by atoms with Gasteiger partial charge in [-0.25, -0.2) is 4.39 Å². The SMILES string of the molecule is Cl.O=C(c1cc(-c2ccc(F)cc2)n[nH]1)N1CCCNCC1. The summed E-state index contributed by atoms with van der Waals surface area (Å²) in [6.45, 7) is 3.19. The number of hydrogen-bond acceptors (Lipinski definition) is 3. The van der Waals surface area contributed by atoms with E-state index in [1.54, 1.807) is 18.2 Å². The van der Waals surface area contributed by atoms with E-state index in [9.17, 15) is 9.18 Å². The monoisotopic (exact) mass is 324 g/mol. The molecule has 1 aromatic carbocycles. The van der Waals surface area contributed by atoms with Crippen LogP contribution in [0.1, 0.15) is 16.9 Å². The van der Waals surface area contributed by atoms with Gasteiger partial charge in [-0.2, -0.15) is 5.10 Å². The third-order valence-corrected chi connectivity index (χ3v) is 3.58. The molecule has 1 aromatic heterocycles. The van der Waals surface area contributed by atoms with E-state index >= 15 is 0 Å². The summed E-state index contributed by atoms with van der Waals surface area (Å²) in [6.07, 6.45) is 0.949. The highest BCUT2D eigenvalue weighted by atomic mass is 35.5. The molecule has 0 radical (unpaired) electrons. The molecule has 1 saturated heterocycles. The summed E-state index contributed by atoms with van der Waals surface area (Å²) in [5.74, 6) is -0.331. The van der Waals surface area contributed by atoms with Crippen LogP contribution in [0.5, 0.6) is 0 Å². The molecular formula is C15H18ClFN4O. The maximum atomic E-state index is 12.9. The molecule has 2 aromatic rings. The lowest BCUT2D eigenvalue weighted by Crippen LogP contribution is -2.34. The molecule has 0 saturated carbocycles. The number of carbonyl (C=O) groups is 1. The summed E-state index contributed by atoms with van der Waals surface area (Å²) >= 11 is 0. The van der Waals surface area contributed by atoms with Gasteiger partial charge in [-0.15, -0.1) is 12.4 Å². The Labute approximate surface area is 134 Å². The molecule has 3 rings (SSSR count). The summed E-state index contributed by atoms with van der Waals surface area (Å²) in [6, 6.07) is 7.77. The van der Waals surface area contributed by atoms with E-state index < -0.39 is 0 Å². The number of aromatic nitrogens is 2. The molecule has 1 amide bonds. The van der Waals surface area contributed by atoms with E-state index in [-0.39, 0.29) is 24.1 Å². The van der Waals surface area contributed by atoms with Crippen LogP contribution in [0.2, 0.25) is 0 Å². The maximum Gasteiger partial charge on any atom is 0.271 e. The molecule has 2 N–H and O–H groups in total. The zero-order valence-electron chi connectivity index (χ0n) is 12.0. The lowest BCUT2D eigenvalue weighted by molar-refractivity contribution is 0.0760. The number of aromatic amines is 1. The number of halogens is 2. The second-order valence-electron chi connectivity index (χ2n) is 5.07. The predicted octanol–water partition coefficient (Wildman–Crippen LogP) is 2.07. The van der Waals surface area contributed by atoms with Crippen molar-refractivity contribution in [1.29, 1.82) is 0 Å². The molecule has 118 valence electrons. The lowest BCUT2D eigenvalue weighted by atomic mass is 10.1. The molecule has 7 heteroatoms. The summed E-state index contributed by atoms with van der Waals surface area (Å²) < 4.78 is 12.9. The quantitative estimate of drug-likeness (QED) is 0.889. The van der Waals surface area contributed by atoms with E-state index in [1.165, 1.54) is 12.1 Å². The van der Waals surface area contributed by atoms with Gasteiger partial charge in [-0.3, -0.25) is 9.89 Å². The van der Waals surface area contributed by atoms with Crippen molar-refractivity contribution in [1.82, 2.24) is 20.4 Å². The number of carbonyl (C=O) groups excluding carboxylic acids is 1. The van der Waals surface area contributed by atoms with Crippen LogP contribution >= 0.6 is 12.4 Å². The maximum absolute atomic E-state index is 12.9. The van der Waals surface area contributed by atoms with Crippen LogP contribution in [-0.2, 0) is 0 Å². The number of rotatable bonds is 2. The molecule has 0 bridgehead atoms. The normalized spacial score (nSPS) is 15.0. The van der Waals surface area contributed by atoms with Crippen LogP contribution in [0.25, 0.3) is 11.3 Å². The third kappa shape index (κ3) is 3.64. The van der Waals surface area contributed by atoms with Crippen LogP contribution in [0.4, 0.5) is 4.39 Å². The standard InChI is InChI=1S/C15H17FN4O.ClH/c16-12-4-2-11(3-5-12)13-10-14(19-18-13)15(21)20-8-1-6-17-7-9-20;/h2-5,10,17H,1,6-9H2,(H,18,19);1H. The van der Waals surface area contributed by atoms with Gasteiger partial charge in [0.2, 0.25) is 0 Å². The van der Waals surface area contributed by atoms with Gasteiger partial charge in [-0.05, 0) is 43.3 Å². The minimum atomic E-state index is -0.289. The van der Waals surface area contributed by atoms with Crippen LogP contribution in [0, 0.1) is 5.82 Å². The third-order valence-electron chi connectivity index (χ3n) is 3.58. The van der Waals surface area contributed by atoms with Gasteiger partial charge in [0.1, 0.15) is 11.5 Å². The second kappa shape index (κ2) is 7.38. The van der Waals surface area contributed by atoms with Crippen molar-refractivity contribution < 1.29 is 9.18 Å². The number of amides is 1. The lowest BCUT2D eigenvalue weighted by Gasteiger charge is -2.18. The van der Waals surface area contributed by atoms with Crippen LogP contribution in [0.15, 0.2) is 30.3 Å². The Kier molecular flexibility index (Phi) is 5.51. The molecule has 1 fully saturated rings. The Hall–Kier alpha value is -1.92. The van der Waals surface area contributed by atoms with Gasteiger partial charge in [0.25, 0.3) is 5.91 Å². The number of benzene rings is 1. The van der Waals surface area contributed by atoms with Gasteiger partial charge < -0.3 is 10.2 Å². The van der Waals surface area contributed by atoms with Crippen molar-refractivity contribution in [3.63, 3.8) is 0 Å². The first-order chi connectivity index (χ1) is 10.2. The molecule has 2 heterocycles. The van der Waals surface area contributed by atoms with Crippen molar-refractivity contribution in [3.05, 3.63) is 41.8 Å². The molecule has 0 atom stereocenters. The summed E-state index contributed by atoms with van der Waals surface area (Å²) in [4.78, 5) is 14.2. The van der Waals surface area contributed by atoms with E-state index in [0.717, 1.165) is 31.6 Å². The summed E-state index contributed by atoms with van der Waals surface area (Å²) in [5, 5.41) is 10.2. The highest BCUT2D eigenvalue weighted by molar-refractivity contribution is 5.93. The Morgan fingerprint density at radius 1 is 1.18 bits per heavy atom. The van der Waals surface area contributed by atoms with Gasteiger partial charge in [0.05, 0.1) is 5.69 Å². The molecule has 0 unspecified atom stereocenters. The van der Waals surface area contributed by atoms with Crippen LogP contribution in [-0.4, -0.2) is 47.2 Å². The predicted molar refractivity (Wildman–Crippen MR) is 84.6 cm³/mol. The fourth-order valence-corrected chi connectivity index (χ4v) is 2.42. The summed E-state index contributed by atoms with van der Waals surface area (Å²) in [7, 11) is 0. The van der Waals surface area contributed by atoms with E-state index in [1.807, 2.05) is 4.90 Å². The highest BCUT2D eigenvalue weighted by Crippen LogP contribution is 2.18. The van der Waals surface area contributed by atoms with E-state index in [4.69, 9.17) is 0 Å². The Bertz CT molecular complexity index is 621. The minimum absolute atomic E-state index is 0. The van der Waals surface area contributed by atoms with Crippen molar-refractivity contribution in [2.24, 2.45) is 0 Å². The molecule has 1 aliphatic heterocycles. The zero-order valence-corrected chi connectivity index (χ0v) is 12.8. The average Bonchev–Trinajstić information content (AvgIpc) is 2.83. The molecule has 0 aliphatic carbocycles. The highest BCUT2D eigenvalue weighted by Gasteiger charge is 2.19. The van der Waals surface area contributed by atoms with Gasteiger partial charge >= 0.3 is 0 Å². The van der Waals surface area contributed by atoms with Gasteiger partial charge in [0.15, 0.2) is 0 Å². The van der Waals surface area contributed by atoms with E-state index in [2.05, 4.69) is 15.5 Å². The van der Waals surface area contributed by atoms with Crippen molar-refractivity contribution >= 4 is 18.3 Å². The largest absolute Gasteiger partial charge is 0.336 e. The number of nitrogens with zero attached hydrogens (tertiary/aromatic N) is 2. The second-order valence-corrected chi connectivity index (χ2v) is 5.07. The fraction of sp³-hybridized carbons (Fsp3) is 0.333. The van der Waals surface area contributed by atoms with Crippen molar-refractivity contribution in [3.8, 4) is 11.3 Å². The topological polar surface area (TPSA) is 61.0 Å². The molecule has 22 heavy (non-hydrogen) atoms. The van der Waals surface area contributed by atoms with Gasteiger partial charge in [-0.1, -0.05) is 0 Å². The van der Waals surface area contributed by atoms with E-state index in [0.29, 0.717) is 17.9 Å². The van der Waals surface area contributed by atoms with Crippen LogP contribution in [0.3, 0.4) is 0 Å². The Morgan fingerprint density at radius 3 is 2.73 bits per heavy atom. The summed E-state index contributed by atoms with van der Waals surface area (Å²) in [5.41, 5.74) is 1.90. The van der Waals surface area contributed by atoms with Crippen molar-refractivity contribution in [2.75, 3.05) is 26.2 Å². The first-order valence-corrected chi connectivity index (χ1v) is 7.05.